The molecule has 0 aliphatic heterocycles. The van der Waals surface area contributed by atoms with Gasteiger partial charge in [0.15, 0.2) is 0 Å². The fraction of sp³-hybridized carbons (Fsp3) is 0.0500. The molecule has 0 fully saturated rings. The SMILES string of the molecule is O=C(O)c1ccccc1C([O-])(c1ccc(OP(=O)([O-])[O-])cc1)c1ccc(OP(=O)([O-])[O-])cc1.[Na+].[Na+].[Na+].[Na+].[Na+]. The van der Waals surface area contributed by atoms with E-state index >= 15 is 0 Å². The van der Waals surface area contributed by atoms with Crippen LogP contribution in [0.2, 0.25) is 0 Å². The van der Waals surface area contributed by atoms with Gasteiger partial charge in [-0.15, -0.1) is 0 Å². The second-order valence-corrected chi connectivity index (χ2v) is 8.81. The molecule has 38 heavy (non-hydrogen) atoms. The Morgan fingerprint density at radius 2 is 1.00 bits per heavy atom. The van der Waals surface area contributed by atoms with E-state index in [4.69, 9.17) is 0 Å². The summed E-state index contributed by atoms with van der Waals surface area (Å²) in [7, 11) is -10.7. The van der Waals surface area contributed by atoms with E-state index in [9.17, 15) is 43.7 Å². The summed E-state index contributed by atoms with van der Waals surface area (Å²) in [6.45, 7) is 0. The zero-order valence-corrected chi connectivity index (χ0v) is 33.1. The van der Waals surface area contributed by atoms with Crippen molar-refractivity contribution in [2.24, 2.45) is 0 Å². The predicted octanol–water partition coefficient (Wildman–Crippen LogP) is -15.5. The number of hydrogen-bond donors (Lipinski definition) is 1. The van der Waals surface area contributed by atoms with E-state index in [1.54, 1.807) is 0 Å². The molecule has 0 heterocycles. The predicted molar refractivity (Wildman–Crippen MR) is 103 cm³/mol. The largest absolute Gasteiger partial charge is 1.00 e. The number of phosphoric acid groups is 2. The van der Waals surface area contributed by atoms with Crippen LogP contribution in [0.1, 0.15) is 27.0 Å². The average Bonchev–Trinajstić information content (AvgIpc) is 2.72. The summed E-state index contributed by atoms with van der Waals surface area (Å²) in [5, 5.41) is 23.9. The van der Waals surface area contributed by atoms with Crippen molar-refractivity contribution < 1.29 is 201 Å². The van der Waals surface area contributed by atoms with Gasteiger partial charge >= 0.3 is 154 Å². The Morgan fingerprint density at radius 3 is 1.32 bits per heavy atom. The number of carboxylic acid groups (broad SMARTS) is 1. The van der Waals surface area contributed by atoms with Crippen LogP contribution in [0.25, 0.3) is 0 Å². The summed E-state index contributed by atoms with van der Waals surface area (Å²) in [5.41, 5.74) is -3.01. The van der Waals surface area contributed by atoms with Crippen LogP contribution in [0, 0.1) is 0 Å². The number of phosphoric ester groups is 2. The number of rotatable bonds is 8. The molecule has 3 aromatic carbocycles. The van der Waals surface area contributed by atoms with Crippen LogP contribution in [0.3, 0.4) is 0 Å². The van der Waals surface area contributed by atoms with Gasteiger partial charge in [-0.2, -0.15) is 0 Å². The Bertz CT molecular complexity index is 1200. The summed E-state index contributed by atoms with van der Waals surface area (Å²) < 4.78 is 30.1. The van der Waals surface area contributed by atoms with Crippen molar-refractivity contribution in [2.45, 2.75) is 5.60 Å². The van der Waals surface area contributed by atoms with Crippen LogP contribution in [-0.2, 0) is 14.7 Å². The minimum atomic E-state index is -5.35. The molecule has 174 valence electrons. The van der Waals surface area contributed by atoms with Gasteiger partial charge in [0.05, 0.1) is 5.56 Å². The fourth-order valence-corrected chi connectivity index (χ4v) is 3.97. The van der Waals surface area contributed by atoms with E-state index in [0.717, 1.165) is 48.5 Å². The first-order chi connectivity index (χ1) is 15.3. The molecule has 0 saturated heterocycles. The van der Waals surface area contributed by atoms with Crippen LogP contribution >= 0.6 is 15.6 Å². The van der Waals surface area contributed by atoms with Crippen molar-refractivity contribution in [3.63, 3.8) is 0 Å². The quantitative estimate of drug-likeness (QED) is 0.145. The number of aromatic carboxylic acids is 1. The third-order valence-corrected chi connectivity index (χ3v) is 5.36. The van der Waals surface area contributed by atoms with Gasteiger partial charge in [-0.1, -0.05) is 42.5 Å². The molecule has 0 bridgehead atoms. The smallest absolute Gasteiger partial charge is 0.839 e. The average molecular weight is 606 g/mol. The summed E-state index contributed by atoms with van der Waals surface area (Å²) in [4.78, 5) is 55.1. The monoisotopic (exact) mass is 606 g/mol. The fourth-order valence-electron chi connectivity index (χ4n) is 3.21. The van der Waals surface area contributed by atoms with Crippen LogP contribution in [0.5, 0.6) is 11.5 Å². The van der Waals surface area contributed by atoms with Crippen molar-refractivity contribution in [1.82, 2.24) is 0 Å². The third-order valence-electron chi connectivity index (χ3n) is 4.49. The molecule has 1 N–H and O–H groups in total. The zero-order chi connectivity index (χ0) is 24.4. The molecule has 0 spiro atoms. The molecule has 3 aromatic rings. The minimum Gasteiger partial charge on any atom is -0.839 e. The maximum Gasteiger partial charge on any atom is 1.00 e. The number of carboxylic acids is 1. The molecule has 0 amide bonds. The Morgan fingerprint density at radius 1 is 0.658 bits per heavy atom. The Hall–Kier alpha value is 1.99. The second kappa shape index (κ2) is 18.6. The molecule has 0 aromatic heterocycles. The van der Waals surface area contributed by atoms with E-state index in [1.165, 1.54) is 24.3 Å². The van der Waals surface area contributed by atoms with E-state index in [1.807, 2.05) is 0 Å². The maximum atomic E-state index is 14.3. The first kappa shape index (κ1) is 44.4. The molecule has 0 unspecified atom stereocenters. The van der Waals surface area contributed by atoms with E-state index < -0.39 is 27.2 Å². The van der Waals surface area contributed by atoms with E-state index in [0.29, 0.717) is 0 Å². The van der Waals surface area contributed by atoms with Gasteiger partial charge < -0.3 is 48.0 Å². The van der Waals surface area contributed by atoms with Crippen molar-refractivity contribution in [3.8, 4) is 11.5 Å². The third kappa shape index (κ3) is 12.3. The van der Waals surface area contributed by atoms with Crippen molar-refractivity contribution >= 4 is 21.6 Å². The molecule has 3 rings (SSSR count). The van der Waals surface area contributed by atoms with E-state index in [2.05, 4.69) is 9.05 Å². The van der Waals surface area contributed by atoms with Crippen LogP contribution in [0.4, 0.5) is 0 Å². The molecular weight excluding hydrogens is 593 g/mol. The normalized spacial score (nSPS) is 10.7. The number of carbonyl (C=O) groups is 1. The van der Waals surface area contributed by atoms with Crippen molar-refractivity contribution in [1.29, 1.82) is 0 Å². The van der Waals surface area contributed by atoms with Gasteiger partial charge in [-0.3, -0.25) is 0 Å². The van der Waals surface area contributed by atoms with Crippen LogP contribution in [0.15, 0.2) is 72.8 Å². The molecule has 0 radical (unpaired) electrons. The number of hydrogen-bond acceptors (Lipinski definition) is 10. The van der Waals surface area contributed by atoms with Gasteiger partial charge in [-0.05, 0) is 52.6 Å². The van der Waals surface area contributed by atoms with Crippen molar-refractivity contribution in [2.75, 3.05) is 0 Å². The summed E-state index contributed by atoms with van der Waals surface area (Å²) in [5.74, 6) is -2.10. The zero-order valence-electron chi connectivity index (χ0n) is 21.4. The molecule has 18 heteroatoms. The minimum absolute atomic E-state index is 0. The standard InChI is InChI=1S/C20H17O11P2.5Na/c21-19(22)17-3-1-2-4-18(17)20(23,13-5-9-15(10-6-13)30-32(24,25)26)14-7-11-16(12-8-14)31-33(27,28)29;;;;;/h1-12H,(H,21,22)(H2,24,25,26)(H2,27,28,29);;;;;/q-1;5*+1/p-4. The Labute approximate surface area is 329 Å². The second-order valence-electron chi connectivity index (χ2n) is 6.66. The Kier molecular flexibility index (Phi) is 21.8. The van der Waals surface area contributed by atoms with Crippen LogP contribution < -0.4 is 182 Å². The van der Waals surface area contributed by atoms with Crippen molar-refractivity contribution in [3.05, 3.63) is 95.1 Å². The molecule has 0 aliphatic carbocycles. The molecule has 11 nitrogen and oxygen atoms in total. The van der Waals surface area contributed by atoms with Gasteiger partial charge in [-0.25, -0.2) is 4.79 Å². The van der Waals surface area contributed by atoms with Gasteiger partial charge in [0.1, 0.15) is 27.1 Å². The van der Waals surface area contributed by atoms with E-state index in [-0.39, 0.29) is 182 Å². The summed E-state index contributed by atoms with van der Waals surface area (Å²) in [6.07, 6.45) is 0. The Balaban J connectivity index is -0.00000245. The van der Waals surface area contributed by atoms with Gasteiger partial charge in [0, 0.05) is 0 Å². The molecule has 0 saturated carbocycles. The first-order valence-electron chi connectivity index (χ1n) is 8.97. The molecule has 0 atom stereocenters. The van der Waals surface area contributed by atoms with Crippen LogP contribution in [-0.4, -0.2) is 11.1 Å². The molecular formula is C20H13Na5O11P2. The first-order valence-corrected chi connectivity index (χ1v) is 11.9. The summed E-state index contributed by atoms with van der Waals surface area (Å²) >= 11 is 0. The van der Waals surface area contributed by atoms with Gasteiger partial charge in [0.25, 0.3) is 0 Å². The van der Waals surface area contributed by atoms with Gasteiger partial charge in [0.2, 0.25) is 0 Å². The molecule has 0 aliphatic rings. The summed E-state index contributed by atoms with van der Waals surface area (Å²) in [6, 6.07) is 14.2. The topological polar surface area (TPSA) is 205 Å². The number of benzene rings is 3. The maximum absolute atomic E-state index is 14.3.